The minimum absolute atomic E-state index is 0.0200. The molecular weight excluding hydrogens is 310 g/mol. The number of methoxy groups -OCH3 is 1. The monoisotopic (exact) mass is 347 g/mol. The number of allylic oxidation sites excluding steroid dienone is 1. The molecular formula is C22H37NO2. The molecule has 0 unspecified atom stereocenters. The Balaban J connectivity index is 1.55. The molecule has 0 bridgehead atoms. The molecule has 1 N–H and O–H groups in total. The maximum atomic E-state index is 6.23. The number of hydrogen-bond donors (Lipinski definition) is 1. The smallest absolute Gasteiger partial charge is 0.160 e. The van der Waals surface area contributed by atoms with Crippen LogP contribution in [0.1, 0.15) is 65.2 Å². The summed E-state index contributed by atoms with van der Waals surface area (Å²) in [6.45, 7) is 4.60. The average molecular weight is 348 g/mol. The number of rotatable bonds is 3. The van der Waals surface area contributed by atoms with Gasteiger partial charge in [-0.1, -0.05) is 37.8 Å². The third-order valence-electron chi connectivity index (χ3n) is 7.67. The summed E-state index contributed by atoms with van der Waals surface area (Å²) in [5, 5.41) is 3.78. The van der Waals surface area contributed by atoms with E-state index < -0.39 is 0 Å². The fraction of sp³-hybridized carbons (Fsp3) is 0.909. The zero-order valence-electron chi connectivity index (χ0n) is 16.3. The van der Waals surface area contributed by atoms with Crippen molar-refractivity contribution in [2.45, 2.75) is 89.7 Å². The summed E-state index contributed by atoms with van der Waals surface area (Å²) >= 11 is 0. The Kier molecular flexibility index (Phi) is 5.54. The molecule has 2 aliphatic heterocycles. The molecule has 4 fully saturated rings. The van der Waals surface area contributed by atoms with Gasteiger partial charge in [-0.2, -0.15) is 0 Å². The van der Waals surface area contributed by atoms with Crippen molar-refractivity contribution in [3.63, 3.8) is 0 Å². The van der Waals surface area contributed by atoms with Gasteiger partial charge < -0.3 is 14.8 Å². The number of piperidine rings is 1. The molecule has 4 aliphatic rings. The molecule has 2 saturated heterocycles. The Morgan fingerprint density at radius 1 is 0.960 bits per heavy atom. The summed E-state index contributed by atoms with van der Waals surface area (Å²) in [4.78, 5) is 0. The fourth-order valence-electron chi connectivity index (χ4n) is 6.56. The van der Waals surface area contributed by atoms with Gasteiger partial charge in [-0.3, -0.25) is 0 Å². The van der Waals surface area contributed by atoms with Crippen LogP contribution in [0, 0.1) is 29.6 Å². The summed E-state index contributed by atoms with van der Waals surface area (Å²) < 4.78 is 12.0. The van der Waals surface area contributed by atoms with Gasteiger partial charge in [0.05, 0.1) is 6.10 Å². The molecule has 4 rings (SSSR count). The van der Waals surface area contributed by atoms with Crippen molar-refractivity contribution >= 4 is 0 Å². The fourth-order valence-corrected chi connectivity index (χ4v) is 6.56. The summed E-state index contributed by atoms with van der Waals surface area (Å²) in [5.41, 5.74) is 0. The minimum atomic E-state index is 0.0200. The van der Waals surface area contributed by atoms with Crippen LogP contribution in [0.5, 0.6) is 0 Å². The summed E-state index contributed by atoms with van der Waals surface area (Å²) in [6, 6.07) is 1.23. The number of hydrogen-bond acceptors (Lipinski definition) is 3. The van der Waals surface area contributed by atoms with E-state index in [1.54, 1.807) is 0 Å². The maximum Gasteiger partial charge on any atom is 0.160 e. The van der Waals surface area contributed by atoms with Gasteiger partial charge in [0.25, 0.3) is 0 Å². The number of ether oxygens (including phenoxy) is 2. The predicted molar refractivity (Wildman–Crippen MR) is 101 cm³/mol. The van der Waals surface area contributed by atoms with Crippen molar-refractivity contribution in [2.75, 3.05) is 7.11 Å². The Morgan fingerprint density at radius 3 is 2.60 bits per heavy atom. The molecule has 2 heterocycles. The van der Waals surface area contributed by atoms with Gasteiger partial charge in [-0.05, 0) is 63.2 Å². The average Bonchev–Trinajstić information content (AvgIpc) is 2.94. The van der Waals surface area contributed by atoms with Gasteiger partial charge in [-0.25, -0.2) is 0 Å². The second-order valence-electron chi connectivity index (χ2n) is 9.20. The van der Waals surface area contributed by atoms with E-state index in [0.29, 0.717) is 35.9 Å². The molecule has 142 valence electrons. The molecule has 0 aromatic carbocycles. The molecule has 2 aliphatic carbocycles. The summed E-state index contributed by atoms with van der Waals surface area (Å²) in [6.07, 6.45) is 16.4. The van der Waals surface area contributed by atoms with Crippen LogP contribution in [0.15, 0.2) is 12.2 Å². The molecule has 0 spiro atoms. The van der Waals surface area contributed by atoms with Crippen LogP contribution in [0.25, 0.3) is 0 Å². The van der Waals surface area contributed by atoms with Gasteiger partial charge in [0, 0.05) is 25.1 Å². The molecule has 0 amide bonds. The highest BCUT2D eigenvalue weighted by atomic mass is 16.7. The lowest BCUT2D eigenvalue weighted by molar-refractivity contribution is -0.132. The molecule has 3 nitrogen and oxygen atoms in total. The first kappa shape index (κ1) is 18.0. The third-order valence-corrected chi connectivity index (χ3v) is 7.67. The Morgan fingerprint density at radius 2 is 1.80 bits per heavy atom. The SMILES string of the molecule is CO[C@H]1O[C@@H](C)[C@@H]2[C@H](/C=C/[C@@H]3CCC[C@H](C)N3)[C@H]3CCCC[C@@H]3C[C@H]12. The lowest BCUT2D eigenvalue weighted by Gasteiger charge is -2.47. The highest BCUT2D eigenvalue weighted by molar-refractivity contribution is 5.09. The van der Waals surface area contributed by atoms with Crippen LogP contribution in [0.3, 0.4) is 0 Å². The van der Waals surface area contributed by atoms with E-state index in [1.165, 1.54) is 51.4 Å². The van der Waals surface area contributed by atoms with Gasteiger partial charge in [0.2, 0.25) is 0 Å². The second kappa shape index (κ2) is 7.70. The van der Waals surface area contributed by atoms with E-state index in [1.807, 2.05) is 7.11 Å². The van der Waals surface area contributed by atoms with E-state index in [9.17, 15) is 0 Å². The van der Waals surface area contributed by atoms with Crippen LogP contribution in [0.4, 0.5) is 0 Å². The van der Waals surface area contributed by atoms with E-state index in [-0.39, 0.29) is 6.29 Å². The van der Waals surface area contributed by atoms with Gasteiger partial charge in [-0.15, -0.1) is 0 Å². The number of nitrogens with one attached hydrogen (secondary N) is 1. The van der Waals surface area contributed by atoms with E-state index >= 15 is 0 Å². The lowest BCUT2D eigenvalue weighted by Crippen LogP contribution is -2.44. The first-order valence-corrected chi connectivity index (χ1v) is 10.8. The molecule has 9 atom stereocenters. The number of fused-ring (bicyclic) bond motifs is 2. The Hall–Kier alpha value is -0.380. The summed E-state index contributed by atoms with van der Waals surface area (Å²) in [7, 11) is 1.82. The van der Waals surface area contributed by atoms with Crippen LogP contribution in [-0.4, -0.2) is 31.6 Å². The quantitative estimate of drug-likeness (QED) is 0.761. The highest BCUT2D eigenvalue weighted by Crippen LogP contribution is 2.54. The van der Waals surface area contributed by atoms with Crippen molar-refractivity contribution in [1.82, 2.24) is 5.32 Å². The normalized spacial score (nSPS) is 50.6. The second-order valence-corrected chi connectivity index (χ2v) is 9.20. The van der Waals surface area contributed by atoms with Crippen LogP contribution >= 0.6 is 0 Å². The van der Waals surface area contributed by atoms with Crippen molar-refractivity contribution < 1.29 is 9.47 Å². The highest BCUT2D eigenvalue weighted by Gasteiger charge is 2.53. The largest absolute Gasteiger partial charge is 0.356 e. The molecule has 2 saturated carbocycles. The molecule has 3 heteroatoms. The lowest BCUT2D eigenvalue weighted by atomic mass is 9.57. The zero-order chi connectivity index (χ0) is 17.4. The van der Waals surface area contributed by atoms with Crippen molar-refractivity contribution in [2.24, 2.45) is 29.6 Å². The van der Waals surface area contributed by atoms with Crippen molar-refractivity contribution in [3.05, 3.63) is 12.2 Å². The Labute approximate surface area is 153 Å². The van der Waals surface area contributed by atoms with Crippen LogP contribution in [-0.2, 0) is 9.47 Å². The predicted octanol–water partition coefficient (Wildman–Crippen LogP) is 4.52. The van der Waals surface area contributed by atoms with E-state index in [4.69, 9.17) is 9.47 Å². The van der Waals surface area contributed by atoms with Gasteiger partial charge in [0.15, 0.2) is 6.29 Å². The van der Waals surface area contributed by atoms with Gasteiger partial charge in [0.1, 0.15) is 0 Å². The van der Waals surface area contributed by atoms with E-state index in [2.05, 4.69) is 31.3 Å². The molecule has 25 heavy (non-hydrogen) atoms. The van der Waals surface area contributed by atoms with Gasteiger partial charge >= 0.3 is 0 Å². The standard InChI is InChI=1S/C22H37NO2/c1-14-7-6-9-17(23-14)11-12-19-18-10-5-4-8-16(18)13-20-21(19)15(2)25-22(20)24-3/h11-12,14-23H,4-10,13H2,1-3H3/b12-11+/t14-,15-,16+,17-,18-,19+,20-,21+,22-/m0/s1. The first-order valence-electron chi connectivity index (χ1n) is 10.8. The van der Waals surface area contributed by atoms with Crippen LogP contribution < -0.4 is 5.32 Å². The molecule has 0 aromatic rings. The minimum Gasteiger partial charge on any atom is -0.356 e. The van der Waals surface area contributed by atoms with Crippen LogP contribution in [0.2, 0.25) is 0 Å². The molecule has 0 aromatic heterocycles. The topological polar surface area (TPSA) is 30.5 Å². The maximum absolute atomic E-state index is 6.23. The molecule has 0 radical (unpaired) electrons. The first-order chi connectivity index (χ1) is 12.2. The van der Waals surface area contributed by atoms with Crippen molar-refractivity contribution in [1.29, 1.82) is 0 Å². The van der Waals surface area contributed by atoms with Crippen molar-refractivity contribution in [3.8, 4) is 0 Å². The zero-order valence-corrected chi connectivity index (χ0v) is 16.3. The summed E-state index contributed by atoms with van der Waals surface area (Å²) in [5.74, 6) is 3.66. The third kappa shape index (κ3) is 3.57. The Bertz CT molecular complexity index is 479. The van der Waals surface area contributed by atoms with E-state index in [0.717, 1.165) is 11.8 Å².